The Labute approximate surface area is 172 Å². The largest absolute Gasteiger partial charge is 0.374 e. The van der Waals surface area contributed by atoms with Gasteiger partial charge in [0.1, 0.15) is 5.82 Å². The normalized spacial score (nSPS) is 18.2. The molecule has 2 aliphatic rings. The molecule has 4 nitrogen and oxygen atoms in total. The summed E-state index contributed by atoms with van der Waals surface area (Å²) in [6.45, 7) is 3.79. The standard InChI is InChI=1S/C24H30FN3O/c1-27-13-5-6-19-16-20(9-12-22(19)27)23(28-14-3-2-4-15-28)17-26-24(29)18-7-10-21(25)11-8-18/h7-12,16,23H,2-6,13-15,17H2,1H3,(H,26,29)/t23-/m1/s1. The third-order valence-corrected chi connectivity index (χ3v) is 6.23. The molecule has 2 aliphatic heterocycles. The molecule has 0 aliphatic carbocycles. The van der Waals surface area contributed by atoms with Crippen LogP contribution in [0, 0.1) is 5.82 Å². The summed E-state index contributed by atoms with van der Waals surface area (Å²) in [7, 11) is 2.16. The lowest BCUT2D eigenvalue weighted by atomic mass is 9.95. The zero-order valence-electron chi connectivity index (χ0n) is 17.2. The lowest BCUT2D eigenvalue weighted by Gasteiger charge is -2.36. The van der Waals surface area contributed by atoms with E-state index >= 15 is 0 Å². The molecule has 0 radical (unpaired) electrons. The third-order valence-electron chi connectivity index (χ3n) is 6.23. The maximum absolute atomic E-state index is 13.2. The number of carbonyl (C=O) groups is 1. The maximum atomic E-state index is 13.2. The minimum absolute atomic E-state index is 0.148. The number of nitrogens with one attached hydrogen (secondary N) is 1. The Hall–Kier alpha value is -2.40. The molecule has 1 saturated heterocycles. The number of nitrogens with zero attached hydrogens (tertiary/aromatic N) is 2. The van der Waals surface area contributed by atoms with Crippen LogP contribution in [0.2, 0.25) is 0 Å². The van der Waals surface area contributed by atoms with Gasteiger partial charge >= 0.3 is 0 Å². The molecule has 1 N–H and O–H groups in total. The van der Waals surface area contributed by atoms with E-state index in [4.69, 9.17) is 0 Å². The number of carbonyl (C=O) groups excluding carboxylic acids is 1. The summed E-state index contributed by atoms with van der Waals surface area (Å²) >= 11 is 0. The van der Waals surface area contributed by atoms with Crippen molar-refractivity contribution < 1.29 is 9.18 Å². The van der Waals surface area contributed by atoms with E-state index in [0.717, 1.165) is 26.1 Å². The number of amides is 1. The summed E-state index contributed by atoms with van der Waals surface area (Å²) in [5.41, 5.74) is 4.51. The first-order valence-corrected chi connectivity index (χ1v) is 10.7. The van der Waals surface area contributed by atoms with Gasteiger partial charge in [0.05, 0.1) is 6.04 Å². The number of rotatable bonds is 5. The smallest absolute Gasteiger partial charge is 0.251 e. The number of aryl methyl sites for hydroxylation is 1. The fourth-order valence-corrected chi connectivity index (χ4v) is 4.59. The van der Waals surface area contributed by atoms with Crippen LogP contribution < -0.4 is 10.2 Å². The molecule has 154 valence electrons. The number of likely N-dealkylation sites (tertiary alicyclic amines) is 1. The van der Waals surface area contributed by atoms with Crippen LogP contribution in [-0.4, -0.2) is 44.0 Å². The topological polar surface area (TPSA) is 35.6 Å². The van der Waals surface area contributed by atoms with Gasteiger partial charge in [-0.2, -0.15) is 0 Å². The van der Waals surface area contributed by atoms with E-state index in [9.17, 15) is 9.18 Å². The molecule has 2 heterocycles. The van der Waals surface area contributed by atoms with Crippen molar-refractivity contribution in [2.45, 2.75) is 38.1 Å². The van der Waals surface area contributed by atoms with Crippen LogP contribution in [0.5, 0.6) is 0 Å². The van der Waals surface area contributed by atoms with Crippen molar-refractivity contribution in [3.05, 3.63) is 65.0 Å². The number of halogens is 1. The maximum Gasteiger partial charge on any atom is 0.251 e. The van der Waals surface area contributed by atoms with Gasteiger partial charge in [-0.3, -0.25) is 9.69 Å². The monoisotopic (exact) mass is 395 g/mol. The summed E-state index contributed by atoms with van der Waals surface area (Å²) in [5.74, 6) is -0.475. The molecule has 1 atom stereocenters. The van der Waals surface area contributed by atoms with Crippen LogP contribution in [0.3, 0.4) is 0 Å². The SMILES string of the molecule is CN1CCCc2cc([C@@H](CNC(=O)c3ccc(F)cc3)N3CCCCC3)ccc21. The molecule has 4 rings (SSSR count). The van der Waals surface area contributed by atoms with Crippen molar-refractivity contribution in [1.29, 1.82) is 0 Å². The fourth-order valence-electron chi connectivity index (χ4n) is 4.59. The molecule has 2 aromatic carbocycles. The van der Waals surface area contributed by atoms with E-state index in [-0.39, 0.29) is 17.8 Å². The predicted molar refractivity (Wildman–Crippen MR) is 115 cm³/mol. The minimum Gasteiger partial charge on any atom is -0.374 e. The van der Waals surface area contributed by atoms with Gasteiger partial charge in [-0.1, -0.05) is 18.6 Å². The Morgan fingerprint density at radius 2 is 1.79 bits per heavy atom. The van der Waals surface area contributed by atoms with Crippen LogP contribution in [0.15, 0.2) is 42.5 Å². The molecule has 0 unspecified atom stereocenters. The highest BCUT2D eigenvalue weighted by molar-refractivity contribution is 5.94. The zero-order chi connectivity index (χ0) is 20.2. The van der Waals surface area contributed by atoms with Crippen molar-refractivity contribution >= 4 is 11.6 Å². The van der Waals surface area contributed by atoms with Gasteiger partial charge in [-0.05, 0) is 80.2 Å². The van der Waals surface area contributed by atoms with Gasteiger partial charge in [-0.25, -0.2) is 4.39 Å². The summed E-state index contributed by atoms with van der Waals surface area (Å²) in [5, 5.41) is 3.09. The zero-order valence-corrected chi connectivity index (χ0v) is 17.2. The second-order valence-electron chi connectivity index (χ2n) is 8.24. The highest BCUT2D eigenvalue weighted by Crippen LogP contribution is 2.31. The first kappa shape index (κ1) is 19.9. The molecular weight excluding hydrogens is 365 g/mol. The number of hydrogen-bond donors (Lipinski definition) is 1. The molecule has 1 amide bonds. The molecule has 0 spiro atoms. The van der Waals surface area contributed by atoms with Gasteiger partial charge in [0.25, 0.3) is 5.91 Å². The van der Waals surface area contributed by atoms with Crippen molar-refractivity contribution in [2.24, 2.45) is 0 Å². The van der Waals surface area contributed by atoms with Crippen LogP contribution in [0.4, 0.5) is 10.1 Å². The van der Waals surface area contributed by atoms with E-state index in [1.807, 2.05) is 0 Å². The highest BCUT2D eigenvalue weighted by Gasteiger charge is 2.25. The van der Waals surface area contributed by atoms with E-state index in [1.165, 1.54) is 66.8 Å². The predicted octanol–water partition coefficient (Wildman–Crippen LogP) is 4.17. The second-order valence-corrected chi connectivity index (χ2v) is 8.24. The average Bonchev–Trinajstić information content (AvgIpc) is 2.75. The summed E-state index contributed by atoms with van der Waals surface area (Å²) in [6.07, 6.45) is 5.98. The molecule has 1 fully saturated rings. The van der Waals surface area contributed by atoms with Gasteiger partial charge in [0.15, 0.2) is 0 Å². The van der Waals surface area contributed by atoms with Crippen molar-refractivity contribution in [3.8, 4) is 0 Å². The molecule has 2 aromatic rings. The van der Waals surface area contributed by atoms with Crippen LogP contribution in [0.1, 0.15) is 53.2 Å². The molecule has 0 aromatic heterocycles. The molecule has 5 heteroatoms. The van der Waals surface area contributed by atoms with E-state index < -0.39 is 0 Å². The summed E-state index contributed by atoms with van der Waals surface area (Å²) < 4.78 is 13.2. The Morgan fingerprint density at radius 1 is 1.03 bits per heavy atom. The van der Waals surface area contributed by atoms with Crippen LogP contribution in [-0.2, 0) is 6.42 Å². The van der Waals surface area contributed by atoms with Crippen molar-refractivity contribution in [1.82, 2.24) is 10.2 Å². The fraction of sp³-hybridized carbons (Fsp3) is 0.458. The Morgan fingerprint density at radius 3 is 2.55 bits per heavy atom. The van der Waals surface area contributed by atoms with E-state index in [2.05, 4.69) is 40.4 Å². The lowest BCUT2D eigenvalue weighted by Crippen LogP contribution is -2.40. The first-order valence-electron chi connectivity index (χ1n) is 10.7. The van der Waals surface area contributed by atoms with Crippen LogP contribution in [0.25, 0.3) is 0 Å². The van der Waals surface area contributed by atoms with Crippen LogP contribution >= 0.6 is 0 Å². The second kappa shape index (κ2) is 8.95. The summed E-state index contributed by atoms with van der Waals surface area (Å²) in [6, 6.07) is 12.7. The number of piperidine rings is 1. The van der Waals surface area contributed by atoms with Crippen molar-refractivity contribution in [2.75, 3.05) is 38.1 Å². The third kappa shape index (κ3) is 4.61. The average molecular weight is 396 g/mol. The Balaban J connectivity index is 1.53. The number of benzene rings is 2. The van der Waals surface area contributed by atoms with Gasteiger partial charge in [0.2, 0.25) is 0 Å². The molecule has 0 bridgehead atoms. The molecular formula is C24H30FN3O. The quantitative estimate of drug-likeness (QED) is 0.826. The van der Waals surface area contributed by atoms with Crippen molar-refractivity contribution in [3.63, 3.8) is 0 Å². The highest BCUT2D eigenvalue weighted by atomic mass is 19.1. The van der Waals surface area contributed by atoms with E-state index in [0.29, 0.717) is 12.1 Å². The molecule has 0 saturated carbocycles. The lowest BCUT2D eigenvalue weighted by molar-refractivity contribution is 0.0924. The van der Waals surface area contributed by atoms with E-state index in [1.54, 1.807) is 0 Å². The number of anilines is 1. The Bertz CT molecular complexity index is 846. The number of fused-ring (bicyclic) bond motifs is 1. The number of hydrogen-bond acceptors (Lipinski definition) is 3. The summed E-state index contributed by atoms with van der Waals surface area (Å²) in [4.78, 5) is 17.4. The first-order chi connectivity index (χ1) is 14.1. The van der Waals surface area contributed by atoms with Gasteiger partial charge in [0, 0.05) is 31.4 Å². The minimum atomic E-state index is -0.327. The van der Waals surface area contributed by atoms with Gasteiger partial charge in [-0.15, -0.1) is 0 Å². The Kier molecular flexibility index (Phi) is 6.14. The van der Waals surface area contributed by atoms with Gasteiger partial charge < -0.3 is 10.2 Å². The molecule has 29 heavy (non-hydrogen) atoms.